The lowest BCUT2D eigenvalue weighted by Gasteiger charge is -2.23. The van der Waals surface area contributed by atoms with E-state index in [4.69, 9.17) is 23.4 Å². The topological polar surface area (TPSA) is 113 Å². The van der Waals surface area contributed by atoms with Crippen LogP contribution in [0, 0.1) is 6.92 Å². The second-order valence-electron chi connectivity index (χ2n) is 11.6. The van der Waals surface area contributed by atoms with Gasteiger partial charge in [0.25, 0.3) is 0 Å². The number of hydrogen-bond acceptors (Lipinski definition) is 8. The van der Waals surface area contributed by atoms with Gasteiger partial charge in [-0.25, -0.2) is 9.59 Å². The van der Waals surface area contributed by atoms with Gasteiger partial charge in [0.05, 0.1) is 5.39 Å². The van der Waals surface area contributed by atoms with E-state index in [0.29, 0.717) is 18.1 Å². The van der Waals surface area contributed by atoms with Gasteiger partial charge in [-0.2, -0.15) is 0 Å². The van der Waals surface area contributed by atoms with Crippen LogP contribution in [0.2, 0.25) is 0 Å². The molecule has 1 heterocycles. The largest absolute Gasteiger partial charge is 0.489 e. The summed E-state index contributed by atoms with van der Waals surface area (Å²) in [6, 6.07) is 29.3. The van der Waals surface area contributed by atoms with Crippen LogP contribution in [0.25, 0.3) is 11.0 Å². The van der Waals surface area contributed by atoms with E-state index in [1.165, 1.54) is 18.2 Å². The summed E-state index contributed by atoms with van der Waals surface area (Å²) in [5.74, 6) is 0.917. The molecule has 1 N–H and O–H groups in total. The number of ether oxygens (including phenoxy) is 4. The van der Waals surface area contributed by atoms with E-state index >= 15 is 0 Å². The van der Waals surface area contributed by atoms with Gasteiger partial charge in [0.2, 0.25) is 11.2 Å². The number of nitrogens with one attached hydrogen (secondary N) is 1. The zero-order valence-corrected chi connectivity index (χ0v) is 26.1. The van der Waals surface area contributed by atoms with E-state index in [1.807, 2.05) is 48.5 Å². The highest BCUT2D eigenvalue weighted by molar-refractivity contribution is 5.85. The molecule has 0 aliphatic rings. The molecule has 5 rings (SSSR count). The lowest BCUT2D eigenvalue weighted by Crippen LogP contribution is -2.46. The van der Waals surface area contributed by atoms with Crippen LogP contribution in [0.1, 0.15) is 37.7 Å². The molecule has 9 nitrogen and oxygen atoms in total. The lowest BCUT2D eigenvalue weighted by molar-refractivity contribution is -0.136. The highest BCUT2D eigenvalue weighted by Crippen LogP contribution is 2.27. The molecular weight excluding hydrogens is 586 g/mol. The fourth-order valence-corrected chi connectivity index (χ4v) is 4.59. The highest BCUT2D eigenvalue weighted by Gasteiger charge is 2.27. The Kier molecular flexibility index (Phi) is 9.71. The second kappa shape index (κ2) is 14.0. The number of benzene rings is 4. The minimum atomic E-state index is -1.09. The first-order valence-corrected chi connectivity index (χ1v) is 14.8. The summed E-state index contributed by atoms with van der Waals surface area (Å²) in [5.41, 5.74) is 0.890. The summed E-state index contributed by atoms with van der Waals surface area (Å²) in [5, 5.41) is 2.89. The summed E-state index contributed by atoms with van der Waals surface area (Å²) >= 11 is 0. The Labute approximate surface area is 266 Å². The van der Waals surface area contributed by atoms with Crippen LogP contribution >= 0.6 is 0 Å². The Morgan fingerprint density at radius 2 is 1.46 bits per heavy atom. The van der Waals surface area contributed by atoms with E-state index in [2.05, 4.69) is 5.32 Å². The Bertz CT molecular complexity index is 1860. The van der Waals surface area contributed by atoms with E-state index in [1.54, 1.807) is 64.1 Å². The van der Waals surface area contributed by atoms with Crippen LogP contribution in [-0.2, 0) is 22.6 Å². The van der Waals surface area contributed by atoms with Crippen molar-refractivity contribution in [2.45, 2.75) is 52.4 Å². The molecular formula is C37H35NO8. The summed E-state index contributed by atoms with van der Waals surface area (Å²) in [6.45, 7) is 7.23. The number of amides is 1. The number of carbonyl (C=O) groups excluding carboxylic acids is 2. The lowest BCUT2D eigenvalue weighted by atomic mass is 10.1. The summed E-state index contributed by atoms with van der Waals surface area (Å²) < 4.78 is 28.6. The van der Waals surface area contributed by atoms with Crippen molar-refractivity contribution in [2.24, 2.45) is 0 Å². The number of para-hydroxylation sites is 1. The van der Waals surface area contributed by atoms with E-state index in [9.17, 15) is 14.4 Å². The van der Waals surface area contributed by atoms with Crippen molar-refractivity contribution >= 4 is 23.0 Å². The smallest absolute Gasteiger partial charge is 0.408 e. The maximum atomic E-state index is 13.4. The minimum Gasteiger partial charge on any atom is -0.489 e. The molecule has 4 aromatic carbocycles. The number of aryl methyl sites for hydroxylation is 1. The zero-order chi connectivity index (χ0) is 32.7. The first-order valence-electron chi connectivity index (χ1n) is 14.8. The molecule has 0 saturated heterocycles. The fourth-order valence-electron chi connectivity index (χ4n) is 4.59. The molecule has 1 aromatic heterocycles. The molecule has 0 bridgehead atoms. The van der Waals surface area contributed by atoms with Crippen LogP contribution in [-0.4, -0.2) is 23.7 Å². The summed E-state index contributed by atoms with van der Waals surface area (Å²) in [7, 11) is 0. The molecule has 0 fully saturated rings. The molecule has 5 aromatic rings. The first-order chi connectivity index (χ1) is 22.0. The van der Waals surface area contributed by atoms with Gasteiger partial charge in [0, 0.05) is 12.5 Å². The van der Waals surface area contributed by atoms with Crippen molar-refractivity contribution in [1.82, 2.24) is 5.32 Å². The van der Waals surface area contributed by atoms with Gasteiger partial charge in [0.1, 0.15) is 46.8 Å². The Balaban J connectivity index is 1.32. The van der Waals surface area contributed by atoms with Gasteiger partial charge in [-0.3, -0.25) is 4.79 Å². The number of carbonyl (C=O) groups is 2. The third-order valence-corrected chi connectivity index (χ3v) is 6.76. The third kappa shape index (κ3) is 8.53. The number of esters is 1. The predicted octanol–water partition coefficient (Wildman–Crippen LogP) is 7.51. The number of hydrogen-bond donors (Lipinski definition) is 1. The van der Waals surface area contributed by atoms with Crippen LogP contribution in [0.15, 0.2) is 112 Å². The Morgan fingerprint density at radius 1 is 0.804 bits per heavy atom. The maximum Gasteiger partial charge on any atom is 0.408 e. The van der Waals surface area contributed by atoms with Gasteiger partial charge in [0.15, 0.2) is 0 Å². The standard InChI is InChI=1S/C37H35NO8/c1-24-34(44-28-13-9-6-10-14-28)33(39)30-20-19-29(22-32(30)43-24)45-35(40)31(38-36(41)46-37(2,3)4)21-25-15-17-27(18-16-25)42-23-26-11-7-5-8-12-26/h5-20,22,31H,21,23H2,1-4H3,(H,38,41). The fraction of sp³-hybridized carbons (Fsp3) is 0.216. The number of fused-ring (bicyclic) bond motifs is 1. The zero-order valence-electron chi connectivity index (χ0n) is 26.1. The average molecular weight is 622 g/mol. The monoisotopic (exact) mass is 621 g/mol. The third-order valence-electron chi connectivity index (χ3n) is 6.76. The minimum absolute atomic E-state index is 0.0709. The van der Waals surface area contributed by atoms with Crippen molar-refractivity contribution in [1.29, 1.82) is 0 Å². The molecule has 236 valence electrons. The van der Waals surface area contributed by atoms with Gasteiger partial charge in [-0.1, -0.05) is 60.7 Å². The molecule has 1 amide bonds. The molecule has 46 heavy (non-hydrogen) atoms. The molecule has 1 unspecified atom stereocenters. The van der Waals surface area contributed by atoms with Crippen molar-refractivity contribution < 1.29 is 33.0 Å². The molecule has 0 aliphatic carbocycles. The van der Waals surface area contributed by atoms with E-state index < -0.39 is 23.7 Å². The van der Waals surface area contributed by atoms with Gasteiger partial charge in [-0.15, -0.1) is 0 Å². The molecule has 0 spiro atoms. The van der Waals surface area contributed by atoms with E-state index in [0.717, 1.165) is 11.1 Å². The van der Waals surface area contributed by atoms with Gasteiger partial charge in [-0.05, 0) is 75.2 Å². The van der Waals surface area contributed by atoms with E-state index in [-0.39, 0.29) is 40.1 Å². The maximum absolute atomic E-state index is 13.4. The molecule has 9 heteroatoms. The van der Waals surface area contributed by atoms with Crippen molar-refractivity contribution in [3.63, 3.8) is 0 Å². The molecule has 1 atom stereocenters. The second-order valence-corrected chi connectivity index (χ2v) is 11.6. The Hall–Kier alpha value is -5.57. The van der Waals surface area contributed by atoms with Crippen molar-refractivity contribution in [3.8, 4) is 23.0 Å². The molecule has 0 radical (unpaired) electrons. The normalized spacial score (nSPS) is 11.8. The predicted molar refractivity (Wildman–Crippen MR) is 173 cm³/mol. The van der Waals surface area contributed by atoms with Crippen molar-refractivity contribution in [2.75, 3.05) is 0 Å². The summed E-state index contributed by atoms with van der Waals surface area (Å²) in [6.07, 6.45) is -0.637. The van der Waals surface area contributed by atoms with Gasteiger partial charge < -0.3 is 28.7 Å². The number of rotatable bonds is 10. The first kappa shape index (κ1) is 31.8. The number of alkyl carbamates (subject to hydrolysis) is 1. The van der Waals surface area contributed by atoms with Crippen molar-refractivity contribution in [3.05, 3.63) is 130 Å². The summed E-state index contributed by atoms with van der Waals surface area (Å²) in [4.78, 5) is 39.3. The van der Waals surface area contributed by atoms with Crippen LogP contribution in [0.5, 0.6) is 23.0 Å². The highest BCUT2D eigenvalue weighted by atomic mass is 16.6. The molecule has 0 saturated carbocycles. The quantitative estimate of drug-likeness (QED) is 0.126. The van der Waals surface area contributed by atoms with Crippen LogP contribution < -0.4 is 25.0 Å². The van der Waals surface area contributed by atoms with Gasteiger partial charge >= 0.3 is 12.1 Å². The van der Waals surface area contributed by atoms with Crippen LogP contribution in [0.3, 0.4) is 0 Å². The SMILES string of the molecule is Cc1oc2cc(OC(=O)C(Cc3ccc(OCc4ccccc4)cc3)NC(=O)OC(C)(C)C)ccc2c(=O)c1Oc1ccccc1. The molecule has 0 aliphatic heterocycles. The Morgan fingerprint density at radius 3 is 2.13 bits per heavy atom. The van der Waals surface area contributed by atoms with Crippen LogP contribution in [0.4, 0.5) is 4.79 Å². The average Bonchev–Trinajstić information content (AvgIpc) is 3.02.